The van der Waals surface area contributed by atoms with Gasteiger partial charge >= 0.3 is 27.6 Å². The van der Waals surface area contributed by atoms with Crippen molar-refractivity contribution in [3.05, 3.63) is 109 Å². The van der Waals surface area contributed by atoms with Crippen LogP contribution < -0.4 is 0 Å². The number of carbonyl (C=O) groups excluding carboxylic acids is 2. The van der Waals surface area contributed by atoms with E-state index in [0.29, 0.717) is 19.3 Å². The van der Waals surface area contributed by atoms with Crippen LogP contribution in [-0.4, -0.2) is 137 Å². The Hall–Kier alpha value is -3.46. The van der Waals surface area contributed by atoms with Crippen LogP contribution in [0, 0.1) is 0 Å². The van der Waals surface area contributed by atoms with Gasteiger partial charge in [0.25, 0.3) is 0 Å². The van der Waals surface area contributed by atoms with Crippen LogP contribution in [0.5, 0.6) is 0 Å². The summed E-state index contributed by atoms with van der Waals surface area (Å²) < 4.78 is 49.2. The lowest BCUT2D eigenvalue weighted by Gasteiger charge is -2.43. The molecule has 1 aliphatic rings. The molecule has 0 heterocycles. The highest BCUT2D eigenvalue weighted by Gasteiger charge is 2.54. The fourth-order valence-electron chi connectivity index (χ4n) is 6.70. The molecule has 1 rings (SSSR count). The van der Waals surface area contributed by atoms with Crippen molar-refractivity contribution in [1.29, 1.82) is 0 Å². The van der Waals surface area contributed by atoms with Gasteiger partial charge in [0.1, 0.15) is 43.2 Å². The van der Waals surface area contributed by atoms with E-state index in [-0.39, 0.29) is 25.7 Å². The summed E-state index contributed by atoms with van der Waals surface area (Å²) in [5.41, 5.74) is 0. The number of phosphoric acid groups is 2. The minimum absolute atomic E-state index is 0.00951. The van der Waals surface area contributed by atoms with Gasteiger partial charge in [0.05, 0.1) is 24.9 Å². The van der Waals surface area contributed by atoms with Crippen molar-refractivity contribution in [2.45, 2.75) is 184 Å². The number of aliphatic hydroxyl groups is 7. The number of allylic oxidation sites excluding steroid dienone is 15. The molecule has 21 heteroatoms. The number of hydrogen-bond donors (Lipinski definition) is 10. The largest absolute Gasteiger partial charge is 0.472 e. The second kappa shape index (κ2) is 39.9. The standard InChI is InChI=1S/C51H82O19P2/c1-3-5-7-8-9-10-11-12-13-14-15-16-17-18-19-20-21-26-30-36-45(56)68-41(39-67-72(64,65)70-51-48(59)46(57)47(58)50(49(51)60)69-71(61,62)63)38-66-44(55)37-31-35-43(54)42(53)34-29-25-23-22-24-28-33-40(52)32-27-6-4-2/h6,9-10,12-13,15-16,18-19,22-25,27-29,33-34,40-43,46-54,57-60H,3-5,7-8,11,14,17,20-21,26,30-32,35-39H2,1-2H3,(H,64,65)(H2,61,62,63)/b10-9-,13-12-,16-15-,19-18-,24-22+,25-23-,27-6-,33-28+,34-29-/t40-,41-,42+,43+,46?,47?,48?,49?,50-,51+/m1/s1. The Morgan fingerprint density at radius 3 is 1.69 bits per heavy atom. The van der Waals surface area contributed by atoms with E-state index in [9.17, 15) is 69.1 Å². The highest BCUT2D eigenvalue weighted by atomic mass is 31.2. The van der Waals surface area contributed by atoms with Crippen LogP contribution in [0.1, 0.15) is 123 Å². The topological polar surface area (TPSA) is 317 Å². The zero-order chi connectivity index (χ0) is 53.6. The molecule has 0 saturated heterocycles. The fraction of sp³-hybridized carbons (Fsp3) is 0.608. The number of ether oxygens (including phenoxy) is 2. The molecular formula is C51H82O19P2. The van der Waals surface area contributed by atoms with Gasteiger partial charge in [0, 0.05) is 12.8 Å². The first-order valence-electron chi connectivity index (χ1n) is 24.8. The van der Waals surface area contributed by atoms with Gasteiger partial charge in [-0.2, -0.15) is 0 Å². The first-order valence-corrected chi connectivity index (χ1v) is 27.8. The highest BCUT2D eigenvalue weighted by Crippen LogP contribution is 2.49. The number of aliphatic hydroxyl groups excluding tert-OH is 7. The van der Waals surface area contributed by atoms with E-state index in [0.717, 1.165) is 44.9 Å². The van der Waals surface area contributed by atoms with Crippen molar-refractivity contribution in [3.63, 3.8) is 0 Å². The van der Waals surface area contributed by atoms with Gasteiger partial charge < -0.3 is 59.9 Å². The third-order valence-corrected chi connectivity index (χ3v) is 12.2. The molecule has 5 unspecified atom stereocenters. The summed E-state index contributed by atoms with van der Waals surface area (Å²) in [6.45, 7) is 2.56. The summed E-state index contributed by atoms with van der Waals surface area (Å²) in [4.78, 5) is 54.4. The van der Waals surface area contributed by atoms with Crippen LogP contribution in [0.2, 0.25) is 0 Å². The van der Waals surface area contributed by atoms with Crippen LogP contribution in [0.4, 0.5) is 0 Å². The molecule has 11 atom stereocenters. The second-order valence-electron chi connectivity index (χ2n) is 17.0. The Bertz CT molecular complexity index is 1850. The molecule has 0 aromatic heterocycles. The van der Waals surface area contributed by atoms with E-state index in [1.54, 1.807) is 36.5 Å². The number of rotatable bonds is 39. The molecule has 0 aromatic carbocycles. The monoisotopic (exact) mass is 1060 g/mol. The molecule has 1 aliphatic carbocycles. The average Bonchev–Trinajstić information content (AvgIpc) is 3.33. The molecule has 0 radical (unpaired) electrons. The van der Waals surface area contributed by atoms with Gasteiger partial charge in [-0.1, -0.05) is 142 Å². The lowest BCUT2D eigenvalue weighted by Crippen LogP contribution is -2.64. The Balaban J connectivity index is 2.74. The molecule has 1 fully saturated rings. The lowest BCUT2D eigenvalue weighted by atomic mass is 9.85. The van der Waals surface area contributed by atoms with Gasteiger partial charge in [-0.25, -0.2) is 9.13 Å². The number of carbonyl (C=O) groups is 2. The number of phosphoric ester groups is 2. The van der Waals surface area contributed by atoms with Crippen molar-refractivity contribution in [3.8, 4) is 0 Å². The van der Waals surface area contributed by atoms with Crippen molar-refractivity contribution in [1.82, 2.24) is 0 Å². The minimum Gasteiger partial charge on any atom is -0.462 e. The van der Waals surface area contributed by atoms with Gasteiger partial charge in [-0.3, -0.25) is 23.2 Å². The second-order valence-corrected chi connectivity index (χ2v) is 19.6. The maximum absolute atomic E-state index is 13.0. The maximum atomic E-state index is 13.0. The van der Waals surface area contributed by atoms with E-state index < -0.39 is 102 Å². The summed E-state index contributed by atoms with van der Waals surface area (Å²) in [6, 6.07) is 0. The van der Waals surface area contributed by atoms with Gasteiger partial charge in [0.15, 0.2) is 6.10 Å². The molecule has 1 saturated carbocycles. The smallest absolute Gasteiger partial charge is 0.462 e. The normalized spacial score (nSPS) is 23.0. The van der Waals surface area contributed by atoms with Gasteiger partial charge in [0.2, 0.25) is 0 Å². The molecule has 0 spiro atoms. The average molecular weight is 1060 g/mol. The molecule has 10 N–H and O–H groups in total. The van der Waals surface area contributed by atoms with Crippen LogP contribution in [0.15, 0.2) is 109 Å². The van der Waals surface area contributed by atoms with Crippen LogP contribution in [0.3, 0.4) is 0 Å². The summed E-state index contributed by atoms with van der Waals surface area (Å²) in [7, 11) is -10.8. The number of hydrogen-bond acceptors (Lipinski definition) is 16. The molecule has 72 heavy (non-hydrogen) atoms. The van der Waals surface area contributed by atoms with Crippen molar-refractivity contribution < 1.29 is 92.2 Å². The quantitative estimate of drug-likeness (QED) is 0.0101. The molecule has 0 bridgehead atoms. The van der Waals surface area contributed by atoms with Crippen molar-refractivity contribution in [2.24, 2.45) is 0 Å². The van der Waals surface area contributed by atoms with E-state index in [2.05, 4.69) is 60.1 Å². The molecule has 19 nitrogen and oxygen atoms in total. The number of esters is 2. The van der Waals surface area contributed by atoms with E-state index in [4.69, 9.17) is 18.5 Å². The first-order chi connectivity index (χ1) is 34.3. The first kappa shape index (κ1) is 66.6. The summed E-state index contributed by atoms with van der Waals surface area (Å²) in [5.74, 6) is -1.59. The predicted molar refractivity (Wildman–Crippen MR) is 273 cm³/mol. The van der Waals surface area contributed by atoms with Crippen molar-refractivity contribution in [2.75, 3.05) is 13.2 Å². The minimum atomic E-state index is -5.41. The SMILES string of the molecule is CC/C=C\C[C@@H](O)/C=C/C=C/C=C\C=C/[C@H](O)[C@@H](O)CCCC(=O)OC[C@H](COP(=O)(O)O[C@H]1C(O)C(O)C(O)[C@@H](OP(=O)(O)O)C1O)OC(=O)CCCCC/C=C\C/C=C\C/C=C\C/C=C\CCCCC. The molecular weight excluding hydrogens is 978 g/mol. The predicted octanol–water partition coefficient (Wildman–Crippen LogP) is 6.64. The zero-order valence-electron chi connectivity index (χ0n) is 41.6. The molecule has 0 aliphatic heterocycles. The lowest BCUT2D eigenvalue weighted by molar-refractivity contribution is -0.216. The summed E-state index contributed by atoms with van der Waals surface area (Å²) in [5, 5.41) is 71.9. The molecule has 410 valence electrons. The van der Waals surface area contributed by atoms with Crippen LogP contribution in [-0.2, 0) is 41.8 Å². The number of unbranched alkanes of at least 4 members (excludes halogenated alkanes) is 6. The Kier molecular flexibility index (Phi) is 36.9. The molecule has 0 amide bonds. The Morgan fingerprint density at radius 2 is 1.11 bits per heavy atom. The van der Waals surface area contributed by atoms with E-state index in [1.165, 1.54) is 31.4 Å². The summed E-state index contributed by atoms with van der Waals surface area (Å²) in [6.07, 6.45) is 26.7. The summed E-state index contributed by atoms with van der Waals surface area (Å²) >= 11 is 0. The van der Waals surface area contributed by atoms with E-state index >= 15 is 0 Å². The van der Waals surface area contributed by atoms with Crippen LogP contribution in [0.25, 0.3) is 0 Å². The zero-order valence-corrected chi connectivity index (χ0v) is 43.4. The van der Waals surface area contributed by atoms with Crippen molar-refractivity contribution >= 4 is 27.6 Å². The highest BCUT2D eigenvalue weighted by molar-refractivity contribution is 7.47. The molecule has 0 aromatic rings. The maximum Gasteiger partial charge on any atom is 0.472 e. The Labute approximate surface area is 425 Å². The van der Waals surface area contributed by atoms with Gasteiger partial charge in [-0.05, 0) is 77.0 Å². The third kappa shape index (κ3) is 33.4. The van der Waals surface area contributed by atoms with Gasteiger partial charge in [-0.15, -0.1) is 0 Å². The third-order valence-electron chi connectivity index (χ3n) is 10.7. The van der Waals surface area contributed by atoms with E-state index in [1.807, 2.05) is 19.1 Å². The Morgan fingerprint density at radius 1 is 0.569 bits per heavy atom. The fourth-order valence-corrected chi connectivity index (χ4v) is 8.24. The van der Waals surface area contributed by atoms with Crippen LogP contribution >= 0.6 is 15.6 Å².